The van der Waals surface area contributed by atoms with E-state index >= 15 is 0 Å². The summed E-state index contributed by atoms with van der Waals surface area (Å²) < 4.78 is 0. The van der Waals surface area contributed by atoms with Crippen molar-refractivity contribution in [1.82, 2.24) is 19.9 Å². The number of H-pyrrole nitrogens is 1. The van der Waals surface area contributed by atoms with Gasteiger partial charge in [-0.05, 0) is 19.1 Å². The van der Waals surface area contributed by atoms with Gasteiger partial charge >= 0.3 is 0 Å². The molecule has 3 aromatic rings. The van der Waals surface area contributed by atoms with Crippen LogP contribution < -0.4 is 5.56 Å². The van der Waals surface area contributed by atoms with E-state index in [2.05, 4.69) is 15.0 Å². The average Bonchev–Trinajstić information content (AvgIpc) is 2.92. The molecule has 1 aromatic carbocycles. The summed E-state index contributed by atoms with van der Waals surface area (Å²) in [6.07, 6.45) is 0.249. The lowest BCUT2D eigenvalue weighted by Crippen LogP contribution is -2.29. The fourth-order valence-corrected chi connectivity index (χ4v) is 2.91. The molecule has 2 heterocycles. The summed E-state index contributed by atoms with van der Waals surface area (Å²) in [5.74, 6) is 0.408. The zero-order valence-corrected chi connectivity index (χ0v) is 13.7. The first-order valence-corrected chi connectivity index (χ1v) is 8.04. The fraction of sp³-hybridized carbons (Fsp3) is 0.250. The Morgan fingerprint density at radius 2 is 2.09 bits per heavy atom. The Bertz CT molecular complexity index is 916. The molecular formula is C16H16N4O2S. The standard InChI is InChI=1S/C16H16N4O2S/c1-10-17-11(9-23-10)7-15(21)20(2)8-14-18-13-6-4-3-5-12(13)16(22)19-14/h3-6,9H,7-8H2,1-2H3,(H,18,19,22). The number of benzene rings is 1. The summed E-state index contributed by atoms with van der Waals surface area (Å²) in [5.41, 5.74) is 1.20. The largest absolute Gasteiger partial charge is 0.338 e. The molecule has 7 heteroatoms. The van der Waals surface area contributed by atoms with Gasteiger partial charge in [-0.15, -0.1) is 11.3 Å². The highest BCUT2D eigenvalue weighted by Crippen LogP contribution is 2.10. The molecular weight excluding hydrogens is 312 g/mol. The fourth-order valence-electron chi connectivity index (χ4n) is 2.30. The average molecular weight is 328 g/mol. The number of thiazole rings is 1. The number of nitrogens with one attached hydrogen (secondary N) is 1. The molecule has 0 bridgehead atoms. The van der Waals surface area contributed by atoms with Gasteiger partial charge in [0.1, 0.15) is 5.82 Å². The number of aromatic nitrogens is 3. The number of aryl methyl sites for hydroxylation is 1. The smallest absolute Gasteiger partial charge is 0.258 e. The van der Waals surface area contributed by atoms with Gasteiger partial charge in [0.15, 0.2) is 0 Å². The molecule has 6 nitrogen and oxygen atoms in total. The lowest BCUT2D eigenvalue weighted by molar-refractivity contribution is -0.129. The molecule has 23 heavy (non-hydrogen) atoms. The van der Waals surface area contributed by atoms with E-state index in [-0.39, 0.29) is 24.4 Å². The Morgan fingerprint density at radius 1 is 1.30 bits per heavy atom. The predicted octanol–water partition coefficient (Wildman–Crippen LogP) is 1.89. The number of carbonyl (C=O) groups excluding carboxylic acids is 1. The highest BCUT2D eigenvalue weighted by atomic mass is 32.1. The number of hydrogen-bond acceptors (Lipinski definition) is 5. The van der Waals surface area contributed by atoms with E-state index in [1.165, 1.54) is 11.3 Å². The van der Waals surface area contributed by atoms with Gasteiger partial charge in [0.2, 0.25) is 5.91 Å². The van der Waals surface area contributed by atoms with Gasteiger partial charge < -0.3 is 9.88 Å². The third kappa shape index (κ3) is 3.45. The number of likely N-dealkylation sites (N-methyl/N-ethyl adjacent to an activating group) is 1. The Balaban J connectivity index is 1.75. The molecule has 0 aliphatic rings. The van der Waals surface area contributed by atoms with Crippen LogP contribution in [0.1, 0.15) is 16.5 Å². The number of amides is 1. The number of fused-ring (bicyclic) bond motifs is 1. The molecule has 1 amide bonds. The van der Waals surface area contributed by atoms with Gasteiger partial charge in [-0.25, -0.2) is 9.97 Å². The number of carbonyl (C=O) groups is 1. The zero-order chi connectivity index (χ0) is 16.4. The maximum atomic E-state index is 12.2. The molecule has 0 fully saturated rings. The third-order valence-electron chi connectivity index (χ3n) is 3.47. The molecule has 0 unspecified atom stereocenters. The van der Waals surface area contributed by atoms with E-state index in [9.17, 15) is 9.59 Å². The maximum Gasteiger partial charge on any atom is 0.258 e. The molecule has 1 N–H and O–H groups in total. The first-order valence-electron chi connectivity index (χ1n) is 7.16. The Hall–Kier alpha value is -2.54. The van der Waals surface area contributed by atoms with E-state index in [0.29, 0.717) is 16.7 Å². The van der Waals surface area contributed by atoms with Crippen LogP contribution in [0.5, 0.6) is 0 Å². The summed E-state index contributed by atoms with van der Waals surface area (Å²) in [6.45, 7) is 2.16. The van der Waals surface area contributed by atoms with Crippen molar-refractivity contribution in [2.24, 2.45) is 0 Å². The van der Waals surface area contributed by atoms with Gasteiger partial charge in [-0.3, -0.25) is 9.59 Å². The van der Waals surface area contributed by atoms with Crippen LogP contribution in [0.15, 0.2) is 34.4 Å². The summed E-state index contributed by atoms with van der Waals surface area (Å²) >= 11 is 1.52. The van der Waals surface area contributed by atoms with Crippen LogP contribution in [-0.4, -0.2) is 32.8 Å². The highest BCUT2D eigenvalue weighted by molar-refractivity contribution is 7.09. The molecule has 0 saturated carbocycles. The Kier molecular flexibility index (Phi) is 4.20. The topological polar surface area (TPSA) is 79.0 Å². The highest BCUT2D eigenvalue weighted by Gasteiger charge is 2.13. The van der Waals surface area contributed by atoms with Gasteiger partial charge in [0.05, 0.1) is 34.6 Å². The summed E-state index contributed by atoms with van der Waals surface area (Å²) in [6, 6.07) is 7.14. The number of rotatable bonds is 4. The van der Waals surface area contributed by atoms with E-state index in [1.807, 2.05) is 18.4 Å². The summed E-state index contributed by atoms with van der Waals surface area (Å²) in [5, 5.41) is 3.37. The molecule has 0 aliphatic carbocycles. The van der Waals surface area contributed by atoms with Gasteiger partial charge in [-0.1, -0.05) is 12.1 Å². The van der Waals surface area contributed by atoms with Crippen LogP contribution in [0.2, 0.25) is 0 Å². The Labute approximate surface area is 136 Å². The van der Waals surface area contributed by atoms with Crippen molar-refractivity contribution >= 4 is 28.1 Å². The molecule has 0 aliphatic heterocycles. The van der Waals surface area contributed by atoms with Crippen molar-refractivity contribution < 1.29 is 4.79 Å². The van der Waals surface area contributed by atoms with Gasteiger partial charge in [0.25, 0.3) is 5.56 Å². The number of para-hydroxylation sites is 1. The molecule has 0 radical (unpaired) electrons. The van der Waals surface area contributed by atoms with Gasteiger partial charge in [-0.2, -0.15) is 0 Å². The van der Waals surface area contributed by atoms with Gasteiger partial charge in [0, 0.05) is 12.4 Å². The van der Waals surface area contributed by atoms with Crippen LogP contribution in [0.25, 0.3) is 10.9 Å². The van der Waals surface area contributed by atoms with Crippen molar-refractivity contribution in [3.63, 3.8) is 0 Å². The quantitative estimate of drug-likeness (QED) is 0.793. The molecule has 0 spiro atoms. The van der Waals surface area contributed by atoms with Crippen LogP contribution in [0.3, 0.4) is 0 Å². The van der Waals surface area contributed by atoms with E-state index in [1.54, 1.807) is 30.1 Å². The third-order valence-corrected chi connectivity index (χ3v) is 4.30. The van der Waals surface area contributed by atoms with E-state index < -0.39 is 0 Å². The van der Waals surface area contributed by atoms with Crippen LogP contribution in [-0.2, 0) is 17.8 Å². The first-order chi connectivity index (χ1) is 11.0. The minimum atomic E-state index is -0.193. The number of nitrogens with zero attached hydrogens (tertiary/aromatic N) is 3. The molecule has 118 valence electrons. The number of aromatic amines is 1. The van der Waals surface area contributed by atoms with Crippen LogP contribution >= 0.6 is 11.3 Å². The SMILES string of the molecule is Cc1nc(CC(=O)N(C)Cc2nc3ccccc3c(=O)[nH]2)cs1. The second-order valence-corrected chi connectivity index (χ2v) is 6.38. The van der Waals surface area contributed by atoms with Crippen LogP contribution in [0, 0.1) is 6.92 Å². The minimum absolute atomic E-state index is 0.0638. The van der Waals surface area contributed by atoms with Crippen molar-refractivity contribution in [2.45, 2.75) is 19.9 Å². The van der Waals surface area contributed by atoms with Crippen molar-refractivity contribution in [1.29, 1.82) is 0 Å². The van der Waals surface area contributed by atoms with E-state index in [0.717, 1.165) is 10.7 Å². The van der Waals surface area contributed by atoms with Crippen molar-refractivity contribution in [3.05, 3.63) is 56.5 Å². The first kappa shape index (κ1) is 15.4. The zero-order valence-electron chi connectivity index (χ0n) is 12.9. The monoisotopic (exact) mass is 328 g/mol. The molecule has 0 atom stereocenters. The lowest BCUT2D eigenvalue weighted by atomic mass is 10.2. The summed E-state index contributed by atoms with van der Waals surface area (Å²) in [7, 11) is 1.69. The summed E-state index contributed by atoms with van der Waals surface area (Å²) in [4.78, 5) is 37.3. The van der Waals surface area contributed by atoms with Crippen LogP contribution in [0.4, 0.5) is 0 Å². The Morgan fingerprint density at radius 3 is 2.83 bits per heavy atom. The second kappa shape index (κ2) is 6.29. The van der Waals surface area contributed by atoms with E-state index in [4.69, 9.17) is 0 Å². The number of hydrogen-bond donors (Lipinski definition) is 1. The maximum absolute atomic E-state index is 12.2. The predicted molar refractivity (Wildman–Crippen MR) is 89.4 cm³/mol. The normalized spacial score (nSPS) is 10.9. The molecule has 2 aromatic heterocycles. The van der Waals surface area contributed by atoms with Crippen molar-refractivity contribution in [2.75, 3.05) is 7.05 Å². The molecule has 3 rings (SSSR count). The minimum Gasteiger partial charge on any atom is -0.338 e. The molecule has 0 saturated heterocycles. The lowest BCUT2D eigenvalue weighted by Gasteiger charge is -2.16. The van der Waals surface area contributed by atoms with Crippen molar-refractivity contribution in [3.8, 4) is 0 Å². The second-order valence-electron chi connectivity index (χ2n) is 5.31.